The van der Waals surface area contributed by atoms with Gasteiger partial charge in [0.05, 0.1) is 23.5 Å². The summed E-state index contributed by atoms with van der Waals surface area (Å²) in [4.78, 5) is 31.3. The summed E-state index contributed by atoms with van der Waals surface area (Å²) in [7, 11) is 0. The van der Waals surface area contributed by atoms with E-state index in [1.165, 1.54) is 12.3 Å². The van der Waals surface area contributed by atoms with Crippen LogP contribution in [0, 0.1) is 0 Å². The van der Waals surface area contributed by atoms with Gasteiger partial charge in [-0.25, -0.2) is 9.78 Å². The molecule has 7 nitrogen and oxygen atoms in total. The van der Waals surface area contributed by atoms with Crippen molar-refractivity contribution >= 4 is 29.2 Å². The smallest absolute Gasteiger partial charge is 0.317 e. The number of nitrogens with one attached hydrogen (secondary N) is 1. The zero-order chi connectivity index (χ0) is 14.3. The van der Waals surface area contributed by atoms with Crippen molar-refractivity contribution in [3.8, 4) is 0 Å². The average molecular weight is 296 g/mol. The second kappa shape index (κ2) is 4.82. The lowest BCUT2D eigenvalue weighted by Crippen LogP contribution is -2.53. The highest BCUT2D eigenvalue weighted by Gasteiger charge is 2.37. The lowest BCUT2D eigenvalue weighted by atomic mass is 10.1. The van der Waals surface area contributed by atoms with Crippen molar-refractivity contribution in [2.75, 3.05) is 31.9 Å². The number of nitrogens with two attached hydrogens (primary N) is 1. The van der Waals surface area contributed by atoms with Crippen LogP contribution in [0.1, 0.15) is 10.4 Å². The fourth-order valence-corrected chi connectivity index (χ4v) is 2.74. The Labute approximate surface area is 120 Å². The van der Waals surface area contributed by atoms with Crippen LogP contribution >= 0.6 is 11.6 Å². The predicted molar refractivity (Wildman–Crippen MR) is 73.5 cm³/mol. The molecule has 2 aliphatic heterocycles. The minimum Gasteiger partial charge on any atom is -0.397 e. The first-order valence-corrected chi connectivity index (χ1v) is 6.69. The molecule has 0 saturated carbocycles. The number of amides is 3. The van der Waals surface area contributed by atoms with Crippen LogP contribution in [0.3, 0.4) is 0 Å². The summed E-state index contributed by atoms with van der Waals surface area (Å²) in [5.41, 5.74) is 6.45. The number of hydrogen-bond acceptors (Lipinski definition) is 4. The summed E-state index contributed by atoms with van der Waals surface area (Å²) >= 11 is 5.81. The van der Waals surface area contributed by atoms with Gasteiger partial charge in [0.1, 0.15) is 5.15 Å². The Balaban J connectivity index is 1.78. The molecule has 2 saturated heterocycles. The fraction of sp³-hybridized carbons (Fsp3) is 0.417. The Morgan fingerprint density at radius 1 is 1.50 bits per heavy atom. The SMILES string of the molecule is Nc1cnc(Cl)cc1C(=O)N1CCN2C(=O)NCC2C1. The summed E-state index contributed by atoms with van der Waals surface area (Å²) in [6.45, 7) is 2.08. The molecule has 0 radical (unpaired) electrons. The molecule has 0 aliphatic carbocycles. The maximum Gasteiger partial charge on any atom is 0.317 e. The van der Waals surface area contributed by atoms with Crippen molar-refractivity contribution in [3.05, 3.63) is 23.0 Å². The highest BCUT2D eigenvalue weighted by molar-refractivity contribution is 6.29. The van der Waals surface area contributed by atoms with Crippen LogP contribution in [0.4, 0.5) is 10.5 Å². The number of piperazine rings is 1. The van der Waals surface area contributed by atoms with E-state index in [0.717, 1.165) is 0 Å². The van der Waals surface area contributed by atoms with E-state index >= 15 is 0 Å². The van der Waals surface area contributed by atoms with Gasteiger partial charge < -0.3 is 20.9 Å². The van der Waals surface area contributed by atoms with Crippen molar-refractivity contribution in [2.24, 2.45) is 0 Å². The molecule has 0 aromatic carbocycles. The maximum absolute atomic E-state index is 12.5. The molecular weight excluding hydrogens is 282 g/mol. The minimum atomic E-state index is -0.175. The second-order valence-corrected chi connectivity index (χ2v) is 5.27. The standard InChI is InChI=1S/C12H14ClN5O2/c13-10-3-8(9(14)5-15-10)11(19)17-1-2-18-7(6-17)4-16-12(18)20/h3,5,7H,1-2,4,6,14H2,(H,16,20). The lowest BCUT2D eigenvalue weighted by molar-refractivity contribution is 0.0618. The van der Waals surface area contributed by atoms with Gasteiger partial charge in [-0.15, -0.1) is 0 Å². The van der Waals surface area contributed by atoms with Gasteiger partial charge in [0, 0.05) is 26.2 Å². The highest BCUT2D eigenvalue weighted by Crippen LogP contribution is 2.20. The van der Waals surface area contributed by atoms with Crippen molar-refractivity contribution in [3.63, 3.8) is 0 Å². The molecule has 2 aliphatic rings. The topological polar surface area (TPSA) is 91.6 Å². The number of halogens is 1. The number of urea groups is 1. The van der Waals surface area contributed by atoms with Gasteiger partial charge >= 0.3 is 6.03 Å². The van der Waals surface area contributed by atoms with Crippen molar-refractivity contribution in [1.29, 1.82) is 0 Å². The molecule has 3 N–H and O–H groups in total. The van der Waals surface area contributed by atoms with Crippen LogP contribution in [0.5, 0.6) is 0 Å². The van der Waals surface area contributed by atoms with Gasteiger partial charge in [-0.1, -0.05) is 11.6 Å². The largest absolute Gasteiger partial charge is 0.397 e. The molecule has 1 aromatic heterocycles. The van der Waals surface area contributed by atoms with Gasteiger partial charge in [0.25, 0.3) is 5.91 Å². The van der Waals surface area contributed by atoms with E-state index in [9.17, 15) is 9.59 Å². The van der Waals surface area contributed by atoms with Crippen molar-refractivity contribution in [2.45, 2.75) is 6.04 Å². The van der Waals surface area contributed by atoms with Crippen LogP contribution in [0.2, 0.25) is 5.15 Å². The molecular formula is C12H14ClN5O2. The Kier molecular flexibility index (Phi) is 3.13. The van der Waals surface area contributed by atoms with E-state index in [0.29, 0.717) is 37.4 Å². The number of pyridine rings is 1. The van der Waals surface area contributed by atoms with Crippen molar-refractivity contribution < 1.29 is 9.59 Å². The van der Waals surface area contributed by atoms with E-state index in [1.54, 1.807) is 9.80 Å². The molecule has 3 rings (SSSR count). The van der Waals surface area contributed by atoms with Gasteiger partial charge in [-0.3, -0.25) is 4.79 Å². The molecule has 8 heteroatoms. The Morgan fingerprint density at radius 3 is 3.10 bits per heavy atom. The summed E-state index contributed by atoms with van der Waals surface area (Å²) in [6.07, 6.45) is 1.38. The quantitative estimate of drug-likeness (QED) is 0.722. The van der Waals surface area contributed by atoms with Crippen LogP contribution in [0.25, 0.3) is 0 Å². The molecule has 0 spiro atoms. The summed E-state index contributed by atoms with van der Waals surface area (Å²) in [5, 5.41) is 3.01. The number of rotatable bonds is 1. The predicted octanol–water partition coefficient (Wildman–Crippen LogP) is 0.167. The summed E-state index contributed by atoms with van der Waals surface area (Å²) in [5.74, 6) is -0.175. The summed E-state index contributed by atoms with van der Waals surface area (Å²) < 4.78 is 0. The molecule has 3 heterocycles. The highest BCUT2D eigenvalue weighted by atomic mass is 35.5. The van der Waals surface area contributed by atoms with Crippen LogP contribution in [-0.4, -0.2) is 58.9 Å². The molecule has 20 heavy (non-hydrogen) atoms. The fourth-order valence-electron chi connectivity index (χ4n) is 2.58. The lowest BCUT2D eigenvalue weighted by Gasteiger charge is -2.36. The first-order valence-electron chi connectivity index (χ1n) is 6.31. The molecule has 1 atom stereocenters. The van der Waals surface area contributed by atoms with Crippen LogP contribution in [-0.2, 0) is 0 Å². The summed E-state index contributed by atoms with van der Waals surface area (Å²) in [6, 6.07) is 1.44. The molecule has 1 aromatic rings. The van der Waals surface area contributed by atoms with E-state index < -0.39 is 0 Å². The molecule has 2 fully saturated rings. The van der Waals surface area contributed by atoms with E-state index in [2.05, 4.69) is 10.3 Å². The molecule has 106 valence electrons. The Hall–Kier alpha value is -2.02. The van der Waals surface area contributed by atoms with Gasteiger partial charge in [0.15, 0.2) is 0 Å². The normalized spacial score (nSPS) is 21.6. The Morgan fingerprint density at radius 2 is 2.30 bits per heavy atom. The number of nitrogens with zero attached hydrogens (tertiary/aromatic N) is 3. The van der Waals surface area contributed by atoms with Crippen LogP contribution < -0.4 is 11.1 Å². The zero-order valence-corrected chi connectivity index (χ0v) is 11.4. The van der Waals surface area contributed by atoms with Gasteiger partial charge in [-0.2, -0.15) is 0 Å². The van der Waals surface area contributed by atoms with E-state index in [1.807, 2.05) is 0 Å². The third-order valence-corrected chi connectivity index (χ3v) is 3.86. The number of carbonyl (C=O) groups excluding carboxylic acids is 2. The Bertz CT molecular complexity index is 579. The molecule has 3 amide bonds. The number of hydrogen-bond donors (Lipinski definition) is 2. The average Bonchev–Trinajstić information content (AvgIpc) is 2.82. The molecule has 0 bridgehead atoms. The van der Waals surface area contributed by atoms with Gasteiger partial charge in [-0.05, 0) is 6.07 Å². The van der Waals surface area contributed by atoms with Crippen LogP contribution in [0.15, 0.2) is 12.3 Å². The van der Waals surface area contributed by atoms with Crippen molar-refractivity contribution in [1.82, 2.24) is 20.1 Å². The zero-order valence-electron chi connectivity index (χ0n) is 10.7. The first kappa shape index (κ1) is 13.0. The number of aromatic nitrogens is 1. The molecule has 1 unspecified atom stereocenters. The first-order chi connectivity index (χ1) is 9.56. The second-order valence-electron chi connectivity index (χ2n) is 4.88. The van der Waals surface area contributed by atoms with Gasteiger partial charge in [0.2, 0.25) is 0 Å². The monoisotopic (exact) mass is 295 g/mol. The number of anilines is 1. The number of nitrogen functional groups attached to an aromatic ring is 1. The third-order valence-electron chi connectivity index (χ3n) is 3.65. The third kappa shape index (κ3) is 2.14. The van der Waals surface area contributed by atoms with E-state index in [-0.39, 0.29) is 23.1 Å². The minimum absolute atomic E-state index is 0.0266. The maximum atomic E-state index is 12.5. The number of fused-ring (bicyclic) bond motifs is 1. The number of carbonyl (C=O) groups is 2. The van der Waals surface area contributed by atoms with E-state index in [4.69, 9.17) is 17.3 Å².